The molecule has 1 atom stereocenters. The van der Waals surface area contributed by atoms with Gasteiger partial charge in [0, 0.05) is 18.0 Å². The quantitative estimate of drug-likeness (QED) is 0.336. The number of hydrogen-bond acceptors (Lipinski definition) is 3. The lowest BCUT2D eigenvalue weighted by Crippen LogP contribution is -2.44. The lowest BCUT2D eigenvalue weighted by Gasteiger charge is -2.30. The lowest BCUT2D eigenvalue weighted by molar-refractivity contribution is -0.141. The maximum Gasteiger partial charge on any atom is 0.245 e. The van der Waals surface area contributed by atoms with Crippen LogP contribution < -0.4 is 0 Å². The molecular formula is C26H28ClFN2O2S. The Morgan fingerprint density at radius 3 is 2.24 bits per heavy atom. The van der Waals surface area contributed by atoms with Gasteiger partial charge in [-0.15, -0.1) is 22.9 Å². The molecule has 1 heterocycles. The highest BCUT2D eigenvalue weighted by Gasteiger charge is 2.28. The van der Waals surface area contributed by atoms with Crippen molar-refractivity contribution in [2.24, 2.45) is 5.92 Å². The predicted octanol–water partition coefficient (Wildman–Crippen LogP) is 5.88. The van der Waals surface area contributed by atoms with Gasteiger partial charge in [0.25, 0.3) is 0 Å². The van der Waals surface area contributed by atoms with E-state index in [0.29, 0.717) is 25.2 Å². The van der Waals surface area contributed by atoms with Crippen molar-refractivity contribution in [3.8, 4) is 0 Å². The fourth-order valence-electron chi connectivity index (χ4n) is 3.49. The van der Waals surface area contributed by atoms with Crippen molar-refractivity contribution < 1.29 is 14.0 Å². The van der Waals surface area contributed by atoms with E-state index in [0.717, 1.165) is 10.4 Å². The summed E-state index contributed by atoms with van der Waals surface area (Å²) in [6, 6.07) is 19.2. The van der Waals surface area contributed by atoms with E-state index in [2.05, 4.69) is 0 Å². The van der Waals surface area contributed by atoms with E-state index in [9.17, 15) is 14.0 Å². The molecule has 0 aliphatic carbocycles. The molecule has 33 heavy (non-hydrogen) atoms. The zero-order chi connectivity index (χ0) is 23.8. The lowest BCUT2D eigenvalue weighted by atomic mass is 10.1. The van der Waals surface area contributed by atoms with E-state index in [-0.39, 0.29) is 30.1 Å². The van der Waals surface area contributed by atoms with Gasteiger partial charge in [0.05, 0.1) is 13.1 Å². The number of carbonyl (C=O) groups is 2. The van der Waals surface area contributed by atoms with Crippen molar-refractivity contribution in [3.05, 3.63) is 93.9 Å². The molecule has 0 radical (unpaired) electrons. The Morgan fingerprint density at radius 1 is 0.939 bits per heavy atom. The van der Waals surface area contributed by atoms with Gasteiger partial charge in [-0.2, -0.15) is 0 Å². The fourth-order valence-corrected chi connectivity index (χ4v) is 4.50. The summed E-state index contributed by atoms with van der Waals surface area (Å²) in [5.74, 6) is -0.622. The second-order valence-corrected chi connectivity index (χ2v) is 9.81. The predicted molar refractivity (Wildman–Crippen MR) is 131 cm³/mol. The van der Waals surface area contributed by atoms with Gasteiger partial charge < -0.3 is 9.80 Å². The summed E-state index contributed by atoms with van der Waals surface area (Å²) < 4.78 is 13.4. The fraction of sp³-hybridized carbons (Fsp3) is 0.308. The number of thiophene rings is 1. The van der Waals surface area contributed by atoms with Gasteiger partial charge in [-0.25, -0.2) is 4.39 Å². The number of hydrogen-bond donors (Lipinski definition) is 0. The molecule has 0 fully saturated rings. The summed E-state index contributed by atoms with van der Waals surface area (Å²) >= 11 is 8.07. The van der Waals surface area contributed by atoms with Crippen molar-refractivity contribution in [1.82, 2.24) is 9.80 Å². The molecule has 0 saturated carbocycles. The van der Waals surface area contributed by atoms with Crippen molar-refractivity contribution >= 4 is 34.8 Å². The van der Waals surface area contributed by atoms with Crippen LogP contribution in [0.15, 0.2) is 72.1 Å². The number of halogens is 2. The average molecular weight is 487 g/mol. The molecule has 0 spiro atoms. The first-order valence-corrected chi connectivity index (χ1v) is 12.2. The molecule has 2 aromatic carbocycles. The minimum Gasteiger partial charge on any atom is -0.332 e. The summed E-state index contributed by atoms with van der Waals surface area (Å²) in [6.45, 7) is 5.09. The molecular weight excluding hydrogens is 459 g/mol. The van der Waals surface area contributed by atoms with Crippen LogP contribution in [0.4, 0.5) is 4.39 Å². The third-order valence-corrected chi connectivity index (χ3v) is 6.40. The SMILES string of the molecule is CC(C)CN(CC(=O)N(Cc1ccc(F)cc1)Cc1cccs1)C(=O)C(Cl)c1ccccc1. The van der Waals surface area contributed by atoms with Crippen LogP contribution in [0.3, 0.4) is 0 Å². The zero-order valence-corrected chi connectivity index (χ0v) is 20.4. The summed E-state index contributed by atoms with van der Waals surface area (Å²) in [6.07, 6.45) is 0. The van der Waals surface area contributed by atoms with E-state index in [1.165, 1.54) is 12.1 Å². The van der Waals surface area contributed by atoms with Gasteiger partial charge in [-0.05, 0) is 40.6 Å². The molecule has 0 aliphatic heterocycles. The molecule has 0 saturated heterocycles. The number of rotatable bonds is 10. The van der Waals surface area contributed by atoms with Gasteiger partial charge in [-0.3, -0.25) is 9.59 Å². The van der Waals surface area contributed by atoms with Crippen molar-refractivity contribution in [3.63, 3.8) is 0 Å². The van der Waals surface area contributed by atoms with E-state index in [1.807, 2.05) is 61.7 Å². The number of alkyl halides is 1. The minimum absolute atomic E-state index is 0.0698. The third-order valence-electron chi connectivity index (χ3n) is 5.10. The van der Waals surface area contributed by atoms with E-state index >= 15 is 0 Å². The summed E-state index contributed by atoms with van der Waals surface area (Å²) in [4.78, 5) is 30.9. The van der Waals surface area contributed by atoms with Gasteiger partial charge in [0.15, 0.2) is 0 Å². The Bertz CT molecular complexity index is 1030. The Labute approximate surface area is 203 Å². The second-order valence-electron chi connectivity index (χ2n) is 8.34. The highest BCUT2D eigenvalue weighted by Crippen LogP contribution is 2.24. The minimum atomic E-state index is -0.861. The van der Waals surface area contributed by atoms with Crippen molar-refractivity contribution in [1.29, 1.82) is 0 Å². The smallest absolute Gasteiger partial charge is 0.245 e. The van der Waals surface area contributed by atoms with Crippen LogP contribution in [0, 0.1) is 11.7 Å². The monoisotopic (exact) mass is 486 g/mol. The normalized spacial score (nSPS) is 11.9. The zero-order valence-electron chi connectivity index (χ0n) is 18.8. The highest BCUT2D eigenvalue weighted by molar-refractivity contribution is 7.09. The van der Waals surface area contributed by atoms with Crippen molar-refractivity contribution in [2.45, 2.75) is 32.3 Å². The first-order chi connectivity index (χ1) is 15.8. The van der Waals surface area contributed by atoms with Crippen LogP contribution in [0.1, 0.15) is 35.2 Å². The molecule has 2 amide bonds. The molecule has 1 aromatic heterocycles. The largest absolute Gasteiger partial charge is 0.332 e. The Kier molecular flexibility index (Phi) is 9.03. The maximum atomic E-state index is 13.4. The Morgan fingerprint density at radius 2 is 1.64 bits per heavy atom. The van der Waals surface area contributed by atoms with Crippen LogP contribution in [0.25, 0.3) is 0 Å². The van der Waals surface area contributed by atoms with Crippen LogP contribution in [-0.2, 0) is 22.7 Å². The molecule has 3 rings (SSSR count). The van der Waals surface area contributed by atoms with E-state index in [1.54, 1.807) is 33.3 Å². The molecule has 1 unspecified atom stereocenters. The van der Waals surface area contributed by atoms with E-state index in [4.69, 9.17) is 11.6 Å². The molecule has 3 aromatic rings. The number of carbonyl (C=O) groups excluding carboxylic acids is 2. The molecule has 7 heteroatoms. The van der Waals surface area contributed by atoms with Gasteiger partial charge in [-0.1, -0.05) is 62.4 Å². The first-order valence-electron chi connectivity index (χ1n) is 10.9. The second kappa shape index (κ2) is 12.0. The van der Waals surface area contributed by atoms with Crippen LogP contribution >= 0.6 is 22.9 Å². The summed E-state index contributed by atoms with van der Waals surface area (Å²) in [7, 11) is 0. The van der Waals surface area contributed by atoms with Gasteiger partial charge in [0.1, 0.15) is 11.2 Å². The maximum absolute atomic E-state index is 13.4. The molecule has 4 nitrogen and oxygen atoms in total. The molecule has 174 valence electrons. The van der Waals surface area contributed by atoms with Crippen LogP contribution in [0.2, 0.25) is 0 Å². The Hall–Kier alpha value is -2.70. The number of benzene rings is 2. The topological polar surface area (TPSA) is 40.6 Å². The van der Waals surface area contributed by atoms with Crippen LogP contribution in [-0.4, -0.2) is 34.7 Å². The van der Waals surface area contributed by atoms with E-state index < -0.39 is 5.38 Å². The molecule has 0 bridgehead atoms. The van der Waals surface area contributed by atoms with Crippen LogP contribution in [0.5, 0.6) is 0 Å². The highest BCUT2D eigenvalue weighted by atomic mass is 35.5. The average Bonchev–Trinajstić information content (AvgIpc) is 3.32. The Balaban J connectivity index is 1.79. The van der Waals surface area contributed by atoms with Gasteiger partial charge in [0.2, 0.25) is 11.8 Å². The standard InChI is InChI=1S/C26H28ClFN2O2S/c1-19(2)15-30(26(32)25(27)21-7-4-3-5-8-21)18-24(31)29(17-23-9-6-14-33-23)16-20-10-12-22(28)13-11-20/h3-14,19,25H,15-18H2,1-2H3. The third kappa shape index (κ3) is 7.41. The number of nitrogens with zero attached hydrogens (tertiary/aromatic N) is 2. The number of amides is 2. The van der Waals surface area contributed by atoms with Gasteiger partial charge >= 0.3 is 0 Å². The summed E-state index contributed by atoms with van der Waals surface area (Å²) in [5.41, 5.74) is 1.52. The first kappa shape index (κ1) is 24.9. The van der Waals surface area contributed by atoms with Crippen molar-refractivity contribution in [2.75, 3.05) is 13.1 Å². The molecule has 0 N–H and O–H groups in total. The molecule has 0 aliphatic rings. The summed E-state index contributed by atoms with van der Waals surface area (Å²) in [5, 5.41) is 1.10.